The molecule has 2 aromatic carbocycles. The number of carboxylic acids is 2. The van der Waals surface area contributed by atoms with E-state index >= 15 is 0 Å². The summed E-state index contributed by atoms with van der Waals surface area (Å²) in [6.45, 7) is 1.78. The Balaban J connectivity index is 1.27. The molecule has 2 N–H and O–H groups in total. The Morgan fingerprint density at radius 3 is 1.89 bits per heavy atom. The maximum Gasteiger partial charge on any atom is 0.374 e. The number of carboxylic acid groups (broad SMARTS) is 2. The van der Waals surface area contributed by atoms with Crippen LogP contribution < -0.4 is 14.2 Å². The van der Waals surface area contributed by atoms with E-state index in [-0.39, 0.29) is 12.8 Å². The number of benzene rings is 2. The SMILES string of the molecule is O=C(O)CCCCCCCCCCN1C(=CC=Cc2oc3ccccc3[n+]2CCCCCCCCCCC(=O)O)Oc2ccccc21. The molecule has 1 aliphatic heterocycles. The van der Waals surface area contributed by atoms with Gasteiger partial charge in [0, 0.05) is 31.9 Å². The van der Waals surface area contributed by atoms with Gasteiger partial charge in [0.25, 0.3) is 5.52 Å². The van der Waals surface area contributed by atoms with E-state index in [4.69, 9.17) is 19.4 Å². The van der Waals surface area contributed by atoms with Crippen LogP contribution >= 0.6 is 0 Å². The maximum atomic E-state index is 10.7. The molecule has 0 atom stereocenters. The number of hydrogen-bond acceptors (Lipinski definition) is 5. The number of allylic oxidation sites excluding steroid dienone is 2. The van der Waals surface area contributed by atoms with Crippen molar-refractivity contribution in [2.75, 3.05) is 11.4 Å². The van der Waals surface area contributed by atoms with E-state index in [9.17, 15) is 9.59 Å². The van der Waals surface area contributed by atoms with Crippen molar-refractivity contribution >= 4 is 34.8 Å². The van der Waals surface area contributed by atoms with Crippen molar-refractivity contribution in [1.29, 1.82) is 0 Å². The zero-order chi connectivity index (χ0) is 33.1. The zero-order valence-electron chi connectivity index (χ0n) is 27.9. The van der Waals surface area contributed by atoms with E-state index < -0.39 is 11.9 Å². The molecule has 1 aromatic heterocycles. The van der Waals surface area contributed by atoms with Crippen molar-refractivity contribution in [2.45, 2.75) is 122 Å². The van der Waals surface area contributed by atoms with Crippen LogP contribution in [0.3, 0.4) is 0 Å². The summed E-state index contributed by atoms with van der Waals surface area (Å²) in [4.78, 5) is 23.6. The minimum absolute atomic E-state index is 0.282. The third-order valence-electron chi connectivity index (χ3n) is 8.80. The van der Waals surface area contributed by atoms with Crippen LogP contribution in [0.1, 0.15) is 121 Å². The molecule has 0 aliphatic carbocycles. The van der Waals surface area contributed by atoms with Crippen molar-refractivity contribution in [3.63, 3.8) is 0 Å². The Bertz CT molecular complexity index is 1460. The molecule has 254 valence electrons. The van der Waals surface area contributed by atoms with Gasteiger partial charge in [-0.2, -0.15) is 4.57 Å². The quantitative estimate of drug-likeness (QED) is 0.0738. The molecule has 0 bridgehead atoms. The highest BCUT2D eigenvalue weighted by Gasteiger charge is 2.25. The van der Waals surface area contributed by atoms with E-state index in [0.717, 1.165) is 112 Å². The van der Waals surface area contributed by atoms with Crippen LogP contribution in [0.2, 0.25) is 0 Å². The predicted molar refractivity (Wildman–Crippen MR) is 186 cm³/mol. The fourth-order valence-electron chi connectivity index (χ4n) is 6.24. The van der Waals surface area contributed by atoms with Gasteiger partial charge in [-0.15, -0.1) is 0 Å². The lowest BCUT2D eigenvalue weighted by atomic mass is 10.1. The summed E-state index contributed by atoms with van der Waals surface area (Å²) >= 11 is 0. The van der Waals surface area contributed by atoms with Gasteiger partial charge in [-0.3, -0.25) is 9.59 Å². The molecule has 0 amide bonds. The van der Waals surface area contributed by atoms with E-state index in [2.05, 4.69) is 33.7 Å². The topological polar surface area (TPSA) is 104 Å². The number of oxazole rings is 1. The summed E-state index contributed by atoms with van der Waals surface area (Å²) in [6, 6.07) is 16.4. The molecule has 3 aromatic rings. The number of carbonyl (C=O) groups is 2. The largest absolute Gasteiger partial charge is 0.481 e. The fourth-order valence-corrected chi connectivity index (χ4v) is 6.24. The van der Waals surface area contributed by atoms with Crippen LogP contribution in [0.15, 0.2) is 71.0 Å². The molecule has 0 saturated carbocycles. The Morgan fingerprint density at radius 1 is 0.681 bits per heavy atom. The van der Waals surface area contributed by atoms with E-state index in [0.29, 0.717) is 0 Å². The van der Waals surface area contributed by atoms with Gasteiger partial charge in [-0.25, -0.2) is 0 Å². The highest BCUT2D eigenvalue weighted by molar-refractivity contribution is 5.70. The van der Waals surface area contributed by atoms with Crippen LogP contribution in [0.5, 0.6) is 5.75 Å². The van der Waals surface area contributed by atoms with Crippen LogP contribution in [-0.4, -0.2) is 28.7 Å². The summed E-state index contributed by atoms with van der Waals surface area (Å²) in [5, 5.41) is 17.5. The third kappa shape index (κ3) is 12.2. The molecule has 0 radical (unpaired) electrons. The molecule has 8 nitrogen and oxygen atoms in total. The van der Waals surface area contributed by atoms with E-state index in [1.54, 1.807) is 0 Å². The first-order valence-electron chi connectivity index (χ1n) is 17.8. The number of rotatable bonds is 24. The Kier molecular flexibility index (Phi) is 15.4. The number of ether oxygens (including phenoxy) is 1. The van der Waals surface area contributed by atoms with Crippen LogP contribution in [0.25, 0.3) is 17.2 Å². The monoisotopic (exact) mass is 645 g/mol. The third-order valence-corrected chi connectivity index (χ3v) is 8.80. The van der Waals surface area contributed by atoms with Gasteiger partial charge in [0.05, 0.1) is 11.8 Å². The Hall–Kier alpha value is -4.07. The summed E-state index contributed by atoms with van der Waals surface area (Å²) < 4.78 is 14.8. The first kappa shape index (κ1) is 35.8. The minimum Gasteiger partial charge on any atom is -0.481 e. The molecular weight excluding hydrogens is 592 g/mol. The van der Waals surface area contributed by atoms with Crippen molar-refractivity contribution in [3.05, 3.63) is 72.5 Å². The van der Waals surface area contributed by atoms with Gasteiger partial charge in [0.15, 0.2) is 12.3 Å². The lowest BCUT2D eigenvalue weighted by Crippen LogP contribution is -2.35. The average molecular weight is 646 g/mol. The average Bonchev–Trinajstić information content (AvgIpc) is 3.59. The number of aliphatic carboxylic acids is 2. The summed E-state index contributed by atoms with van der Waals surface area (Å²) in [7, 11) is 0. The number of unbranched alkanes of at least 4 members (excludes halogenated alkanes) is 14. The molecular formula is C39H53N2O6+. The Labute approximate surface area is 279 Å². The van der Waals surface area contributed by atoms with E-state index in [1.165, 1.54) is 38.5 Å². The van der Waals surface area contributed by atoms with Crippen molar-refractivity contribution in [1.82, 2.24) is 0 Å². The van der Waals surface area contributed by atoms with Crippen LogP contribution in [0, 0.1) is 0 Å². The number of para-hydroxylation sites is 4. The van der Waals surface area contributed by atoms with Crippen molar-refractivity contribution < 1.29 is 33.5 Å². The number of hydrogen-bond donors (Lipinski definition) is 2. The smallest absolute Gasteiger partial charge is 0.374 e. The molecule has 0 unspecified atom stereocenters. The highest BCUT2D eigenvalue weighted by Crippen LogP contribution is 2.38. The maximum absolute atomic E-state index is 10.7. The van der Waals surface area contributed by atoms with Gasteiger partial charge in [-0.1, -0.05) is 94.9 Å². The lowest BCUT2D eigenvalue weighted by molar-refractivity contribution is -0.678. The van der Waals surface area contributed by atoms with Crippen LogP contribution in [-0.2, 0) is 16.1 Å². The summed E-state index contributed by atoms with van der Waals surface area (Å²) in [5.74, 6) is 1.14. The molecule has 0 fully saturated rings. The standard InChI is InChI=1S/C39H52N2O6/c42-38(43)28-13-9-5-1-3-7-11-19-30-40-32-22-15-17-24-34(32)46-36(40)26-21-27-37-41(33-23-16-18-25-35(33)47-37)31-20-12-8-4-2-6-10-14-29-39(44)45/h15-18,21-27H,1-14,19-20,28-31H2,(H-,42,43,44,45)/p+1. The van der Waals surface area contributed by atoms with Gasteiger partial charge < -0.3 is 24.3 Å². The molecule has 0 spiro atoms. The van der Waals surface area contributed by atoms with Gasteiger partial charge >= 0.3 is 17.8 Å². The molecule has 47 heavy (non-hydrogen) atoms. The van der Waals surface area contributed by atoms with Gasteiger partial charge in [0.1, 0.15) is 0 Å². The van der Waals surface area contributed by atoms with Crippen LogP contribution in [0.4, 0.5) is 5.69 Å². The number of anilines is 1. The molecule has 1 aliphatic rings. The van der Waals surface area contributed by atoms with E-state index in [1.807, 2.05) is 42.5 Å². The number of nitrogens with zero attached hydrogens (tertiary/aromatic N) is 2. The normalized spacial score (nSPS) is 13.5. The number of aryl methyl sites for hydroxylation is 1. The molecule has 0 saturated heterocycles. The van der Waals surface area contributed by atoms with Crippen molar-refractivity contribution in [2.24, 2.45) is 0 Å². The molecule has 4 rings (SSSR count). The molecule has 8 heteroatoms. The second-order valence-electron chi connectivity index (χ2n) is 12.6. The number of fused-ring (bicyclic) bond motifs is 2. The summed E-state index contributed by atoms with van der Waals surface area (Å²) in [5.41, 5.74) is 3.09. The molecule has 2 heterocycles. The zero-order valence-corrected chi connectivity index (χ0v) is 27.9. The second kappa shape index (κ2) is 20.2. The Morgan fingerprint density at radius 2 is 1.23 bits per heavy atom. The fraction of sp³-hybridized carbons (Fsp3) is 0.513. The number of aromatic nitrogens is 1. The van der Waals surface area contributed by atoms with Gasteiger partial charge in [0.2, 0.25) is 11.5 Å². The predicted octanol–water partition coefficient (Wildman–Crippen LogP) is 9.66. The first-order chi connectivity index (χ1) is 23.0. The minimum atomic E-state index is -0.697. The lowest BCUT2D eigenvalue weighted by Gasteiger charge is -2.18. The van der Waals surface area contributed by atoms with Crippen molar-refractivity contribution in [3.8, 4) is 5.75 Å². The summed E-state index contributed by atoms with van der Waals surface area (Å²) in [6.07, 6.45) is 24.0. The highest BCUT2D eigenvalue weighted by atomic mass is 16.5. The first-order valence-corrected chi connectivity index (χ1v) is 17.8. The van der Waals surface area contributed by atoms with Gasteiger partial charge in [-0.05, 0) is 56.0 Å². The second-order valence-corrected chi connectivity index (χ2v) is 12.6.